The average molecular weight is 369 g/mol. The van der Waals surface area contributed by atoms with E-state index >= 15 is 0 Å². The van der Waals surface area contributed by atoms with Crippen LogP contribution in [-0.2, 0) is 0 Å². The minimum Gasteiger partial charge on any atom is -0.478 e. The fraction of sp³-hybridized carbons (Fsp3) is 0.565. The summed E-state index contributed by atoms with van der Waals surface area (Å²) in [6.07, 6.45) is 14.5. The lowest BCUT2D eigenvalue weighted by molar-refractivity contribution is 0.0697. The number of carbonyl (C=O) groups is 1. The molecule has 3 rings (SSSR count). The molecule has 1 aliphatic rings. The van der Waals surface area contributed by atoms with Crippen molar-refractivity contribution in [3.63, 3.8) is 0 Å². The maximum Gasteiger partial charge on any atom is 0.335 e. The van der Waals surface area contributed by atoms with Crippen LogP contribution >= 0.6 is 0 Å². The number of anilines is 1. The molecule has 0 unspecified atom stereocenters. The van der Waals surface area contributed by atoms with E-state index < -0.39 is 5.97 Å². The molecule has 1 aromatic heterocycles. The summed E-state index contributed by atoms with van der Waals surface area (Å²) in [6.45, 7) is 1.97. The van der Waals surface area contributed by atoms with Crippen molar-refractivity contribution in [3.05, 3.63) is 35.5 Å². The molecule has 1 aromatic carbocycles. The predicted molar refractivity (Wildman–Crippen MR) is 112 cm³/mol. The number of aromatic nitrogens is 1. The zero-order chi connectivity index (χ0) is 19.1. The number of aryl methyl sites for hydroxylation is 1. The molecule has 0 bridgehead atoms. The maximum atomic E-state index is 11.3. The smallest absolute Gasteiger partial charge is 0.335 e. The number of nitrogens with one attached hydrogen (secondary N) is 1. The molecule has 4 nitrogen and oxygen atoms in total. The number of nitrogens with zero attached hydrogens (tertiary/aromatic N) is 1. The molecule has 0 aliphatic heterocycles. The summed E-state index contributed by atoms with van der Waals surface area (Å²) >= 11 is 0. The molecule has 0 spiro atoms. The highest BCUT2D eigenvalue weighted by atomic mass is 16.4. The highest BCUT2D eigenvalue weighted by molar-refractivity contribution is 5.97. The normalized spacial score (nSPS) is 17.8. The van der Waals surface area contributed by atoms with Crippen LogP contribution in [0.25, 0.3) is 10.9 Å². The second-order valence-electron chi connectivity index (χ2n) is 7.95. The van der Waals surface area contributed by atoms with Gasteiger partial charge in [0.2, 0.25) is 0 Å². The Bertz CT molecular complexity index is 760. The molecule has 27 heavy (non-hydrogen) atoms. The van der Waals surface area contributed by atoms with Gasteiger partial charge in [0.05, 0.1) is 11.1 Å². The first-order chi connectivity index (χ1) is 13.1. The number of pyridine rings is 1. The van der Waals surface area contributed by atoms with Gasteiger partial charge in [0.25, 0.3) is 0 Å². The van der Waals surface area contributed by atoms with Crippen LogP contribution in [0.4, 0.5) is 5.69 Å². The van der Waals surface area contributed by atoms with Crippen molar-refractivity contribution >= 4 is 22.6 Å². The van der Waals surface area contributed by atoms with Gasteiger partial charge in [0, 0.05) is 22.8 Å². The maximum absolute atomic E-state index is 11.3. The molecule has 4 heteroatoms. The van der Waals surface area contributed by atoms with E-state index in [0.717, 1.165) is 22.3 Å². The Morgan fingerprint density at radius 2 is 1.56 bits per heavy atom. The van der Waals surface area contributed by atoms with Crippen LogP contribution in [0.1, 0.15) is 86.7 Å². The van der Waals surface area contributed by atoms with E-state index in [1.807, 2.05) is 13.0 Å². The third-order valence-corrected chi connectivity index (χ3v) is 5.65. The van der Waals surface area contributed by atoms with Gasteiger partial charge in [-0.1, -0.05) is 57.8 Å². The fourth-order valence-corrected chi connectivity index (χ4v) is 4.14. The lowest BCUT2D eigenvalue weighted by atomic mass is 9.97. The highest BCUT2D eigenvalue weighted by Gasteiger charge is 2.13. The van der Waals surface area contributed by atoms with Crippen LogP contribution in [0.5, 0.6) is 0 Å². The van der Waals surface area contributed by atoms with Gasteiger partial charge in [-0.2, -0.15) is 0 Å². The number of hydrogen-bond acceptors (Lipinski definition) is 3. The number of benzene rings is 1. The van der Waals surface area contributed by atoms with Gasteiger partial charge in [-0.25, -0.2) is 4.79 Å². The molecule has 1 heterocycles. The Balaban J connectivity index is 1.78. The molecular formula is C23H32N2O2. The van der Waals surface area contributed by atoms with E-state index in [1.54, 1.807) is 12.1 Å². The van der Waals surface area contributed by atoms with Crippen molar-refractivity contribution in [3.8, 4) is 0 Å². The average Bonchev–Trinajstić information content (AvgIpc) is 2.63. The standard InChI is InChI=1S/C23H32N2O2/c1-17-15-21(20-14-13-18(23(26)27)16-22(20)24-17)25-19-11-9-7-5-3-2-4-6-8-10-12-19/h13-16,19H,2-12H2,1H3,(H,24,25)(H,26,27). The molecule has 1 aliphatic carbocycles. The number of hydrogen-bond donors (Lipinski definition) is 2. The van der Waals surface area contributed by atoms with Gasteiger partial charge in [0.15, 0.2) is 0 Å². The van der Waals surface area contributed by atoms with E-state index in [0.29, 0.717) is 6.04 Å². The summed E-state index contributed by atoms with van der Waals surface area (Å²) < 4.78 is 0. The van der Waals surface area contributed by atoms with Crippen LogP contribution in [0.3, 0.4) is 0 Å². The SMILES string of the molecule is Cc1cc(NC2CCCCCCCCCCC2)c2ccc(C(=O)O)cc2n1. The predicted octanol–water partition coefficient (Wildman–Crippen LogP) is 6.33. The van der Waals surface area contributed by atoms with E-state index in [-0.39, 0.29) is 5.56 Å². The van der Waals surface area contributed by atoms with Crippen molar-refractivity contribution in [1.82, 2.24) is 4.98 Å². The van der Waals surface area contributed by atoms with Gasteiger partial charge in [-0.3, -0.25) is 4.98 Å². The molecule has 2 N–H and O–H groups in total. The summed E-state index contributed by atoms with van der Waals surface area (Å²) in [5, 5.41) is 14.0. The van der Waals surface area contributed by atoms with Crippen molar-refractivity contribution in [2.45, 2.75) is 83.6 Å². The van der Waals surface area contributed by atoms with Gasteiger partial charge >= 0.3 is 5.97 Å². The Morgan fingerprint density at radius 3 is 2.15 bits per heavy atom. The molecule has 0 amide bonds. The first-order valence-electron chi connectivity index (χ1n) is 10.5. The third-order valence-electron chi connectivity index (χ3n) is 5.65. The second kappa shape index (κ2) is 9.72. The Kier molecular flexibility index (Phi) is 7.08. The van der Waals surface area contributed by atoms with Crippen molar-refractivity contribution in [2.75, 3.05) is 5.32 Å². The van der Waals surface area contributed by atoms with Gasteiger partial charge < -0.3 is 10.4 Å². The minimum absolute atomic E-state index is 0.289. The largest absolute Gasteiger partial charge is 0.478 e. The number of aromatic carboxylic acids is 1. The highest BCUT2D eigenvalue weighted by Crippen LogP contribution is 2.27. The second-order valence-corrected chi connectivity index (χ2v) is 7.95. The Hall–Kier alpha value is -2.10. The number of carboxylic acid groups (broad SMARTS) is 1. The van der Waals surface area contributed by atoms with Crippen molar-refractivity contribution in [1.29, 1.82) is 0 Å². The summed E-state index contributed by atoms with van der Waals surface area (Å²) in [6, 6.07) is 7.82. The van der Waals surface area contributed by atoms with Crippen molar-refractivity contribution < 1.29 is 9.90 Å². The quantitative estimate of drug-likeness (QED) is 0.665. The van der Waals surface area contributed by atoms with Crippen LogP contribution in [0.15, 0.2) is 24.3 Å². The minimum atomic E-state index is -0.908. The molecule has 0 atom stereocenters. The zero-order valence-corrected chi connectivity index (χ0v) is 16.5. The van der Waals surface area contributed by atoms with Gasteiger partial charge in [0.1, 0.15) is 0 Å². The van der Waals surface area contributed by atoms with E-state index in [1.165, 1.54) is 70.6 Å². The molecule has 1 fully saturated rings. The molecule has 0 saturated heterocycles. The first kappa shape index (κ1) is 19.7. The summed E-state index contributed by atoms with van der Waals surface area (Å²) in [7, 11) is 0. The number of rotatable bonds is 3. The van der Waals surface area contributed by atoms with E-state index in [4.69, 9.17) is 0 Å². The van der Waals surface area contributed by atoms with E-state index in [9.17, 15) is 9.90 Å². The number of fused-ring (bicyclic) bond motifs is 1. The molecule has 0 radical (unpaired) electrons. The first-order valence-corrected chi connectivity index (χ1v) is 10.5. The number of carboxylic acids is 1. The lowest BCUT2D eigenvalue weighted by Gasteiger charge is -2.22. The van der Waals surface area contributed by atoms with Crippen LogP contribution in [-0.4, -0.2) is 22.1 Å². The third kappa shape index (κ3) is 5.69. The van der Waals surface area contributed by atoms with Crippen molar-refractivity contribution in [2.24, 2.45) is 0 Å². The Morgan fingerprint density at radius 1 is 0.963 bits per heavy atom. The summed E-state index contributed by atoms with van der Waals surface area (Å²) in [5.74, 6) is -0.908. The fourth-order valence-electron chi connectivity index (χ4n) is 4.14. The van der Waals surface area contributed by atoms with E-state index in [2.05, 4.69) is 16.4 Å². The summed E-state index contributed by atoms with van der Waals surface area (Å²) in [4.78, 5) is 15.8. The summed E-state index contributed by atoms with van der Waals surface area (Å²) in [5.41, 5.74) is 3.05. The molecule has 2 aromatic rings. The molecular weight excluding hydrogens is 336 g/mol. The zero-order valence-electron chi connectivity index (χ0n) is 16.5. The monoisotopic (exact) mass is 368 g/mol. The van der Waals surface area contributed by atoms with Crippen LogP contribution < -0.4 is 5.32 Å². The molecule has 1 saturated carbocycles. The Labute approximate surface area is 162 Å². The van der Waals surface area contributed by atoms with Gasteiger partial charge in [-0.05, 0) is 44.0 Å². The lowest BCUT2D eigenvalue weighted by Crippen LogP contribution is -2.20. The van der Waals surface area contributed by atoms with Gasteiger partial charge in [-0.15, -0.1) is 0 Å². The topological polar surface area (TPSA) is 62.2 Å². The molecule has 146 valence electrons. The van der Waals surface area contributed by atoms with Crippen LogP contribution in [0.2, 0.25) is 0 Å². The van der Waals surface area contributed by atoms with Crippen LogP contribution in [0, 0.1) is 6.92 Å².